The van der Waals surface area contributed by atoms with E-state index in [-0.39, 0.29) is 37.5 Å². The topological polar surface area (TPSA) is 96.4 Å². The number of halogens is 1. The van der Waals surface area contributed by atoms with E-state index < -0.39 is 41.6 Å². The van der Waals surface area contributed by atoms with E-state index in [9.17, 15) is 19.5 Å². The number of rotatable bonds is 5. The van der Waals surface area contributed by atoms with Crippen molar-refractivity contribution in [1.82, 2.24) is 4.90 Å². The van der Waals surface area contributed by atoms with Crippen molar-refractivity contribution in [1.29, 1.82) is 0 Å². The molecule has 4 aliphatic rings. The summed E-state index contributed by atoms with van der Waals surface area (Å²) < 4.78 is 12.3. The van der Waals surface area contributed by atoms with Crippen LogP contribution in [0.15, 0.2) is 48.6 Å². The molecule has 0 aliphatic carbocycles. The summed E-state index contributed by atoms with van der Waals surface area (Å²) in [5, 5.41) is 11.0. The van der Waals surface area contributed by atoms with E-state index in [4.69, 9.17) is 21.1 Å². The number of anilines is 1. The molecule has 0 bridgehead atoms. The lowest BCUT2D eigenvalue weighted by molar-refractivity contribution is -0.155. The standard InChI is InChI=1S/C29H35ClN2O6/c1-18(2)16-21(17-33)32-25-27(35)31(20-11-9-19(30)10-12-20)14-7-13-29(25)24(26(32)34)23-22(38-29)8-5-3-4-6-15-37-28(23)36/h5,7-13,18,21-25,33H,3-4,6,14-17H2,1-2H3/b8-5-/t21-,22-,23+,24+,25?,29+/m1/s1. The van der Waals surface area contributed by atoms with E-state index in [1.54, 1.807) is 35.2 Å². The quantitative estimate of drug-likeness (QED) is 0.452. The van der Waals surface area contributed by atoms with Crippen molar-refractivity contribution in [2.75, 3.05) is 24.7 Å². The zero-order valence-electron chi connectivity index (χ0n) is 21.8. The largest absolute Gasteiger partial charge is 0.465 e. The second kappa shape index (κ2) is 10.8. The minimum Gasteiger partial charge on any atom is -0.465 e. The number of esters is 1. The van der Waals surface area contributed by atoms with Crippen LogP contribution in [-0.4, -0.2) is 71.3 Å². The van der Waals surface area contributed by atoms with Crippen molar-refractivity contribution in [3.63, 3.8) is 0 Å². The van der Waals surface area contributed by atoms with Gasteiger partial charge in [0, 0.05) is 17.3 Å². The number of benzene rings is 1. The Bertz CT molecular complexity index is 1130. The van der Waals surface area contributed by atoms with Crippen molar-refractivity contribution in [3.05, 3.63) is 53.6 Å². The number of hydrogen-bond acceptors (Lipinski definition) is 6. The summed E-state index contributed by atoms with van der Waals surface area (Å²) in [5.74, 6) is -2.84. The summed E-state index contributed by atoms with van der Waals surface area (Å²) in [6.45, 7) is 4.25. The molecule has 204 valence electrons. The predicted octanol–water partition coefficient (Wildman–Crippen LogP) is 3.51. The number of likely N-dealkylation sites (tertiary alicyclic amines) is 1. The molecule has 0 saturated carbocycles. The number of ether oxygens (including phenoxy) is 2. The van der Waals surface area contributed by atoms with E-state index in [0.717, 1.165) is 19.3 Å². The SMILES string of the molecule is CC(C)C[C@H](CO)N1C(=O)[C@@H]2[C@H]3C(=O)OCCCC/C=C\[C@H]3O[C@@]23C=CCN(c2ccc(Cl)cc2)C(=O)C13. The lowest BCUT2D eigenvalue weighted by Crippen LogP contribution is -2.58. The molecule has 2 saturated heterocycles. The monoisotopic (exact) mass is 542 g/mol. The number of nitrogens with zero attached hydrogens (tertiary/aromatic N) is 2. The third-order valence-corrected chi connectivity index (χ3v) is 8.28. The highest BCUT2D eigenvalue weighted by Gasteiger charge is 2.72. The maximum atomic E-state index is 14.4. The van der Waals surface area contributed by atoms with Crippen molar-refractivity contribution in [2.45, 2.75) is 63.3 Å². The number of amides is 2. The molecule has 0 aromatic heterocycles. The van der Waals surface area contributed by atoms with Crippen LogP contribution in [0.4, 0.5) is 5.69 Å². The fourth-order valence-electron chi connectivity index (χ4n) is 6.42. The van der Waals surface area contributed by atoms with Crippen LogP contribution in [0.1, 0.15) is 39.5 Å². The fraction of sp³-hybridized carbons (Fsp3) is 0.552. The Morgan fingerprint density at radius 1 is 1.11 bits per heavy atom. The molecule has 1 aromatic rings. The number of hydrogen-bond donors (Lipinski definition) is 1. The number of fused-ring (bicyclic) bond motifs is 2. The van der Waals surface area contributed by atoms with Gasteiger partial charge in [0.1, 0.15) is 17.6 Å². The highest BCUT2D eigenvalue weighted by atomic mass is 35.5. The molecular formula is C29H35ClN2O6. The summed E-state index contributed by atoms with van der Waals surface area (Å²) >= 11 is 6.10. The van der Waals surface area contributed by atoms with Crippen LogP contribution in [0.3, 0.4) is 0 Å². The lowest BCUT2D eigenvalue weighted by atomic mass is 9.78. The van der Waals surface area contributed by atoms with E-state index in [1.807, 2.05) is 32.1 Å². The molecule has 4 aliphatic heterocycles. The lowest BCUT2D eigenvalue weighted by Gasteiger charge is -2.39. The first kappa shape index (κ1) is 26.9. The zero-order chi connectivity index (χ0) is 27.0. The number of cyclic esters (lactones) is 1. The molecular weight excluding hydrogens is 508 g/mol. The third-order valence-electron chi connectivity index (χ3n) is 8.02. The van der Waals surface area contributed by atoms with Gasteiger partial charge in [0.05, 0.1) is 31.3 Å². The highest BCUT2D eigenvalue weighted by molar-refractivity contribution is 6.30. The van der Waals surface area contributed by atoms with Crippen molar-refractivity contribution < 1.29 is 29.0 Å². The molecule has 38 heavy (non-hydrogen) atoms. The van der Waals surface area contributed by atoms with Gasteiger partial charge in [-0.3, -0.25) is 14.4 Å². The first-order chi connectivity index (χ1) is 18.3. The van der Waals surface area contributed by atoms with Crippen LogP contribution in [0.25, 0.3) is 0 Å². The molecule has 0 radical (unpaired) electrons. The summed E-state index contributed by atoms with van der Waals surface area (Å²) in [5.41, 5.74) is -0.732. The average Bonchev–Trinajstić information content (AvgIpc) is 3.28. The maximum absolute atomic E-state index is 14.4. The fourth-order valence-corrected chi connectivity index (χ4v) is 6.55. The van der Waals surface area contributed by atoms with Crippen molar-refractivity contribution in [2.24, 2.45) is 17.8 Å². The van der Waals surface area contributed by atoms with Gasteiger partial charge in [-0.25, -0.2) is 0 Å². The van der Waals surface area contributed by atoms with Gasteiger partial charge < -0.3 is 24.4 Å². The average molecular weight is 543 g/mol. The Morgan fingerprint density at radius 3 is 2.58 bits per heavy atom. The first-order valence-corrected chi connectivity index (χ1v) is 13.8. The molecule has 9 heteroatoms. The molecule has 1 aromatic carbocycles. The minimum absolute atomic E-state index is 0.162. The second-order valence-corrected chi connectivity index (χ2v) is 11.4. The number of carbonyl (C=O) groups is 3. The predicted molar refractivity (Wildman–Crippen MR) is 142 cm³/mol. The first-order valence-electron chi connectivity index (χ1n) is 13.5. The molecule has 5 rings (SSSR count). The molecule has 1 N–H and O–H groups in total. The summed E-state index contributed by atoms with van der Waals surface area (Å²) in [6.07, 6.45) is 9.69. The van der Waals surface area contributed by atoms with Crippen LogP contribution in [0.5, 0.6) is 0 Å². The Morgan fingerprint density at radius 2 is 1.87 bits per heavy atom. The summed E-state index contributed by atoms with van der Waals surface area (Å²) in [7, 11) is 0. The minimum atomic E-state index is -1.37. The van der Waals surface area contributed by atoms with E-state index in [1.165, 1.54) is 4.90 Å². The third kappa shape index (κ3) is 4.56. The maximum Gasteiger partial charge on any atom is 0.312 e. The Labute approximate surface area is 228 Å². The van der Waals surface area contributed by atoms with Gasteiger partial charge in [-0.05, 0) is 55.9 Å². The molecule has 2 amide bonds. The number of carbonyl (C=O) groups excluding carboxylic acids is 3. The van der Waals surface area contributed by atoms with Gasteiger partial charge in [0.15, 0.2) is 0 Å². The molecule has 1 spiro atoms. The summed E-state index contributed by atoms with van der Waals surface area (Å²) in [4.78, 5) is 45.2. The summed E-state index contributed by atoms with van der Waals surface area (Å²) in [6, 6.07) is 5.29. The Kier molecular flexibility index (Phi) is 7.67. The second-order valence-electron chi connectivity index (χ2n) is 11.0. The number of aliphatic hydroxyl groups is 1. The molecule has 1 unspecified atom stereocenters. The van der Waals surface area contributed by atoms with E-state index >= 15 is 0 Å². The van der Waals surface area contributed by atoms with Gasteiger partial charge >= 0.3 is 5.97 Å². The van der Waals surface area contributed by atoms with Crippen LogP contribution >= 0.6 is 11.6 Å². The van der Waals surface area contributed by atoms with E-state index in [0.29, 0.717) is 17.1 Å². The number of aliphatic hydroxyl groups excluding tert-OH is 1. The van der Waals surface area contributed by atoms with Gasteiger partial charge in [-0.2, -0.15) is 0 Å². The Balaban J connectivity index is 1.63. The van der Waals surface area contributed by atoms with Crippen molar-refractivity contribution in [3.8, 4) is 0 Å². The van der Waals surface area contributed by atoms with Gasteiger partial charge in [-0.1, -0.05) is 49.8 Å². The molecule has 2 fully saturated rings. The van der Waals surface area contributed by atoms with Crippen LogP contribution in [0, 0.1) is 17.8 Å². The van der Waals surface area contributed by atoms with Crippen LogP contribution in [0.2, 0.25) is 5.02 Å². The van der Waals surface area contributed by atoms with Crippen LogP contribution < -0.4 is 4.90 Å². The van der Waals surface area contributed by atoms with Gasteiger partial charge in [-0.15, -0.1) is 0 Å². The molecule has 6 atom stereocenters. The van der Waals surface area contributed by atoms with Gasteiger partial charge in [0.25, 0.3) is 5.91 Å². The normalized spacial score (nSPS) is 32.9. The molecule has 8 nitrogen and oxygen atoms in total. The van der Waals surface area contributed by atoms with Crippen LogP contribution in [-0.2, 0) is 23.9 Å². The smallest absolute Gasteiger partial charge is 0.312 e. The Hall–Kier alpha value is -2.68. The van der Waals surface area contributed by atoms with Crippen molar-refractivity contribution >= 4 is 35.1 Å². The van der Waals surface area contributed by atoms with Gasteiger partial charge in [0.2, 0.25) is 5.91 Å². The zero-order valence-corrected chi connectivity index (χ0v) is 22.5. The molecule has 4 heterocycles. The highest BCUT2D eigenvalue weighted by Crippen LogP contribution is 2.54. The number of allylic oxidation sites excluding steroid dienone is 1. The van der Waals surface area contributed by atoms with E-state index in [2.05, 4.69) is 0 Å².